The lowest BCUT2D eigenvalue weighted by atomic mass is 9.89. The van der Waals surface area contributed by atoms with Crippen LogP contribution in [0.2, 0.25) is 0 Å². The molecular weight excluding hydrogens is 644 g/mol. The van der Waals surface area contributed by atoms with Crippen LogP contribution < -0.4 is 19.5 Å². The van der Waals surface area contributed by atoms with Crippen molar-refractivity contribution in [3.63, 3.8) is 0 Å². The van der Waals surface area contributed by atoms with Gasteiger partial charge in [-0.2, -0.15) is 0 Å². The van der Waals surface area contributed by atoms with Gasteiger partial charge in [0.25, 0.3) is 10.0 Å². The van der Waals surface area contributed by atoms with E-state index in [1.165, 1.54) is 0 Å². The Hall–Kier alpha value is -2.85. The molecule has 6 nitrogen and oxygen atoms in total. The minimum absolute atomic E-state index is 0.0101. The highest BCUT2D eigenvalue weighted by atomic mass is 79.9. The highest BCUT2D eigenvalue weighted by molar-refractivity contribution is 9.11. The zero-order valence-corrected chi connectivity index (χ0v) is 25.3. The molecule has 0 saturated heterocycles. The quantitative estimate of drug-likeness (QED) is 0.200. The van der Waals surface area contributed by atoms with Crippen LogP contribution in [0.3, 0.4) is 0 Å². The maximum atomic E-state index is 13.3. The molecule has 1 unspecified atom stereocenters. The number of rotatable bonds is 9. The van der Waals surface area contributed by atoms with E-state index in [1.54, 1.807) is 37.4 Å². The molecule has 1 aliphatic heterocycles. The average Bonchev–Trinajstić information content (AvgIpc) is 2.93. The van der Waals surface area contributed by atoms with Crippen LogP contribution in [-0.2, 0) is 29.5 Å². The van der Waals surface area contributed by atoms with Crippen molar-refractivity contribution in [3.8, 4) is 11.5 Å². The van der Waals surface area contributed by atoms with Crippen molar-refractivity contribution in [1.29, 1.82) is 0 Å². The van der Waals surface area contributed by atoms with Gasteiger partial charge in [0, 0.05) is 6.04 Å². The number of hydrogen-bond donors (Lipinski definition) is 2. The maximum Gasteiger partial charge on any atom is 0.262 e. The molecule has 1 aliphatic rings. The fourth-order valence-corrected chi connectivity index (χ4v) is 7.44. The largest absolute Gasteiger partial charge is 0.494 e. The number of ether oxygens (including phenoxy) is 2. The second-order valence-electron chi connectivity index (χ2n) is 9.29. The molecule has 202 valence electrons. The van der Waals surface area contributed by atoms with Gasteiger partial charge in [-0.05, 0) is 110 Å². The highest BCUT2D eigenvalue weighted by Crippen LogP contribution is 2.39. The molecule has 0 radical (unpaired) electrons. The zero-order chi connectivity index (χ0) is 27.4. The van der Waals surface area contributed by atoms with Crippen molar-refractivity contribution in [1.82, 2.24) is 5.32 Å². The van der Waals surface area contributed by atoms with E-state index in [2.05, 4.69) is 54.0 Å². The van der Waals surface area contributed by atoms with Crippen LogP contribution in [-0.4, -0.2) is 22.1 Å². The Balaban J connectivity index is 1.50. The van der Waals surface area contributed by atoms with Gasteiger partial charge >= 0.3 is 0 Å². The second-order valence-corrected chi connectivity index (χ2v) is 12.7. The third-order valence-electron chi connectivity index (χ3n) is 6.64. The van der Waals surface area contributed by atoms with Crippen molar-refractivity contribution in [3.05, 3.63) is 116 Å². The second kappa shape index (κ2) is 12.1. The van der Waals surface area contributed by atoms with E-state index < -0.39 is 10.0 Å². The predicted molar refractivity (Wildman–Crippen MR) is 161 cm³/mol. The van der Waals surface area contributed by atoms with Gasteiger partial charge in [0.15, 0.2) is 0 Å². The third-order valence-corrected chi connectivity index (χ3v) is 9.20. The predicted octanol–water partition coefficient (Wildman–Crippen LogP) is 7.03. The smallest absolute Gasteiger partial charge is 0.262 e. The highest BCUT2D eigenvalue weighted by Gasteiger charge is 2.25. The van der Waals surface area contributed by atoms with Crippen molar-refractivity contribution in [2.24, 2.45) is 0 Å². The van der Waals surface area contributed by atoms with Crippen LogP contribution in [0.5, 0.6) is 11.5 Å². The van der Waals surface area contributed by atoms with Gasteiger partial charge in [-0.25, -0.2) is 8.42 Å². The Labute approximate surface area is 246 Å². The van der Waals surface area contributed by atoms with Gasteiger partial charge in [0.2, 0.25) is 0 Å². The molecule has 4 aromatic carbocycles. The fourth-order valence-electron chi connectivity index (χ4n) is 4.75. The summed E-state index contributed by atoms with van der Waals surface area (Å²) in [4.78, 5) is 0.194. The van der Waals surface area contributed by atoms with Gasteiger partial charge in [-0.1, -0.05) is 48.5 Å². The summed E-state index contributed by atoms with van der Waals surface area (Å²) in [6.45, 7) is 1.14. The molecule has 9 heteroatoms. The Bertz CT molecular complexity index is 1540. The molecule has 5 rings (SSSR count). The summed E-state index contributed by atoms with van der Waals surface area (Å²) in [6.07, 6.45) is 1.53. The van der Waals surface area contributed by atoms with E-state index in [9.17, 15) is 8.42 Å². The lowest BCUT2D eigenvalue weighted by molar-refractivity contribution is 0.307. The molecule has 0 amide bonds. The van der Waals surface area contributed by atoms with E-state index in [0.29, 0.717) is 24.5 Å². The first-order valence-corrected chi connectivity index (χ1v) is 15.6. The molecule has 39 heavy (non-hydrogen) atoms. The molecule has 0 saturated carbocycles. The number of nitrogens with one attached hydrogen (secondary N) is 2. The zero-order valence-electron chi connectivity index (χ0n) is 21.3. The van der Waals surface area contributed by atoms with Crippen LogP contribution in [0.4, 0.5) is 5.69 Å². The summed E-state index contributed by atoms with van der Waals surface area (Å²) in [5.74, 6) is 1.25. The van der Waals surface area contributed by atoms with Crippen LogP contribution in [0.1, 0.15) is 28.3 Å². The summed E-state index contributed by atoms with van der Waals surface area (Å²) in [5.41, 5.74) is 4.70. The average molecular weight is 672 g/mol. The molecule has 1 heterocycles. The Morgan fingerprint density at radius 3 is 2.26 bits per heavy atom. The van der Waals surface area contributed by atoms with E-state index in [1.807, 2.05) is 42.5 Å². The molecule has 2 N–H and O–H groups in total. The lowest BCUT2D eigenvalue weighted by Gasteiger charge is -2.29. The van der Waals surface area contributed by atoms with Crippen molar-refractivity contribution in [2.75, 3.05) is 18.4 Å². The first kappa shape index (κ1) is 27.7. The molecule has 0 aliphatic carbocycles. The molecule has 0 bridgehead atoms. The molecule has 0 aromatic heterocycles. The monoisotopic (exact) mass is 670 g/mol. The summed E-state index contributed by atoms with van der Waals surface area (Å²) < 4.78 is 42.8. The van der Waals surface area contributed by atoms with Crippen LogP contribution in [0, 0.1) is 0 Å². The third kappa shape index (κ3) is 6.49. The molecule has 1 atom stereocenters. The van der Waals surface area contributed by atoms with Crippen LogP contribution in [0.25, 0.3) is 0 Å². The van der Waals surface area contributed by atoms with E-state index in [0.717, 1.165) is 49.9 Å². The van der Waals surface area contributed by atoms with Crippen LogP contribution >= 0.6 is 31.9 Å². The van der Waals surface area contributed by atoms with Gasteiger partial charge in [0.1, 0.15) is 18.1 Å². The first-order chi connectivity index (χ1) is 18.8. The summed E-state index contributed by atoms with van der Waals surface area (Å²) in [7, 11) is -2.18. The fraction of sp³-hybridized carbons (Fsp3) is 0.200. The topological polar surface area (TPSA) is 76.7 Å². The summed E-state index contributed by atoms with van der Waals surface area (Å²) >= 11 is 7.20. The van der Waals surface area contributed by atoms with Gasteiger partial charge in [-0.3, -0.25) is 4.72 Å². The Kier molecular flexibility index (Phi) is 8.61. The number of methoxy groups -OCH3 is 1. The minimum Gasteiger partial charge on any atom is -0.494 e. The van der Waals surface area contributed by atoms with Crippen molar-refractivity contribution >= 4 is 47.6 Å². The molecule has 4 aromatic rings. The maximum absolute atomic E-state index is 13.3. The van der Waals surface area contributed by atoms with Gasteiger partial charge in [-0.15, -0.1) is 0 Å². The lowest BCUT2D eigenvalue weighted by Crippen LogP contribution is -2.31. The Morgan fingerprint density at radius 1 is 0.923 bits per heavy atom. The first-order valence-electron chi connectivity index (χ1n) is 12.5. The Morgan fingerprint density at radius 2 is 1.59 bits per heavy atom. The van der Waals surface area contributed by atoms with Gasteiger partial charge in [0.05, 0.1) is 26.6 Å². The van der Waals surface area contributed by atoms with E-state index >= 15 is 0 Å². The number of halogens is 2. The SMILES string of the molecule is COc1c(Br)cc(CC2NCCc3cc(OCc4ccccc4)c(NS(=O)(=O)c4ccccc4)cc32)cc1Br. The molecule has 0 spiro atoms. The number of benzene rings is 4. The van der Waals surface area contributed by atoms with Gasteiger partial charge < -0.3 is 14.8 Å². The molecular formula is C30H28Br2N2O4S. The van der Waals surface area contributed by atoms with Crippen molar-refractivity contribution < 1.29 is 17.9 Å². The normalized spacial score (nSPS) is 14.9. The number of fused-ring (bicyclic) bond motifs is 1. The minimum atomic E-state index is -3.82. The van der Waals surface area contributed by atoms with Crippen LogP contribution in [0.15, 0.2) is 98.8 Å². The molecule has 0 fully saturated rings. The standard InChI is InChI=1S/C30H28Br2N2O4S/c1-37-30-25(31)14-21(15-26(30)32)16-27-24-18-28(34-39(35,36)23-10-6-3-7-11-23)29(17-22(24)12-13-33-27)38-19-20-8-4-2-5-9-20/h2-11,14-15,17-18,27,33-34H,12-13,16,19H2,1H3. The van der Waals surface area contributed by atoms with E-state index in [-0.39, 0.29) is 10.9 Å². The van der Waals surface area contributed by atoms with Crippen molar-refractivity contribution in [2.45, 2.75) is 30.4 Å². The number of hydrogen-bond acceptors (Lipinski definition) is 5. The number of sulfonamides is 1. The summed E-state index contributed by atoms with van der Waals surface area (Å²) in [6, 6.07) is 26.2. The van der Waals surface area contributed by atoms with E-state index in [4.69, 9.17) is 9.47 Å². The number of anilines is 1. The summed E-state index contributed by atoms with van der Waals surface area (Å²) in [5, 5.41) is 3.61.